The van der Waals surface area contributed by atoms with Gasteiger partial charge in [0.05, 0.1) is 5.20 Å². The van der Waals surface area contributed by atoms with Crippen molar-refractivity contribution in [3.8, 4) is 33.9 Å². The van der Waals surface area contributed by atoms with Crippen LogP contribution in [0.25, 0.3) is 33.9 Å². The van der Waals surface area contributed by atoms with E-state index >= 15 is 0 Å². The molecule has 5 aromatic carbocycles. The van der Waals surface area contributed by atoms with Crippen LogP contribution in [0.1, 0.15) is 0 Å². The van der Waals surface area contributed by atoms with Gasteiger partial charge in [-0.05, 0) is 44.4 Å². The standard InChI is InChI=1S/C39H27ClN3Si/c40-39-42-37(41-38(43-39)32-17-13-16-31(28-32)29-14-5-1-6-15-29)30-24-26-36(27-25-30)44(33-18-7-2-8-19-33,34-20-9-3-10-21-34)35-22-11-4-12-23-35/h1-3,5-28H/q+1. The summed E-state index contributed by atoms with van der Waals surface area (Å²) >= 11 is 6.49. The summed E-state index contributed by atoms with van der Waals surface area (Å²) in [5.41, 5.74) is 3.98. The summed E-state index contributed by atoms with van der Waals surface area (Å²) in [6, 6.07) is 48.8. The van der Waals surface area contributed by atoms with Crippen LogP contribution in [0, 0.1) is 6.08 Å². The zero-order chi connectivity index (χ0) is 29.8. The minimum Gasteiger partial charge on any atom is -0.208 e. The summed E-state index contributed by atoms with van der Waals surface area (Å²) in [5, 5.41) is 5.35. The van der Waals surface area contributed by atoms with Crippen LogP contribution in [-0.2, 0) is 0 Å². The first-order valence-electron chi connectivity index (χ1n) is 14.5. The number of halogens is 1. The molecule has 0 atom stereocenters. The van der Waals surface area contributed by atoms with Crippen molar-refractivity contribution < 1.29 is 0 Å². The maximum Gasteiger partial charge on any atom is 0.226 e. The zero-order valence-electron chi connectivity index (χ0n) is 23.8. The van der Waals surface area contributed by atoms with Crippen LogP contribution in [0.3, 0.4) is 0 Å². The normalized spacial score (nSPS) is 12.4. The lowest BCUT2D eigenvalue weighted by atomic mass is 10.0. The lowest BCUT2D eigenvalue weighted by Gasteiger charge is -2.32. The zero-order valence-corrected chi connectivity index (χ0v) is 25.6. The largest absolute Gasteiger partial charge is 0.226 e. The molecule has 5 heteroatoms. The summed E-state index contributed by atoms with van der Waals surface area (Å²) in [5.74, 6) is 1.08. The molecule has 3 nitrogen and oxygen atoms in total. The first-order valence-corrected chi connectivity index (χ1v) is 16.9. The summed E-state index contributed by atoms with van der Waals surface area (Å²) in [7, 11) is -2.64. The molecular weight excluding hydrogens is 574 g/mol. The molecule has 0 saturated heterocycles. The number of hydrogen-bond acceptors (Lipinski definition) is 3. The first kappa shape index (κ1) is 27.6. The Morgan fingerprint density at radius 1 is 0.500 bits per heavy atom. The average molecular weight is 601 g/mol. The second kappa shape index (κ2) is 12.2. The number of rotatable bonds is 7. The van der Waals surface area contributed by atoms with Crippen molar-refractivity contribution >= 4 is 35.2 Å². The Hall–Kier alpha value is -5.25. The van der Waals surface area contributed by atoms with Crippen LogP contribution in [0.5, 0.6) is 0 Å². The predicted octanol–water partition coefficient (Wildman–Crippen LogP) is 7.39. The fraction of sp³-hybridized carbons (Fsp3) is 0. The molecule has 0 spiro atoms. The molecule has 1 aromatic heterocycles. The van der Waals surface area contributed by atoms with Gasteiger partial charge in [-0.3, -0.25) is 0 Å². The highest BCUT2D eigenvalue weighted by atomic mass is 35.5. The van der Waals surface area contributed by atoms with E-state index in [-0.39, 0.29) is 5.28 Å². The van der Waals surface area contributed by atoms with E-state index in [1.54, 1.807) is 0 Å². The quantitative estimate of drug-likeness (QED) is 0.109. The molecule has 0 fully saturated rings. The van der Waals surface area contributed by atoms with Crippen molar-refractivity contribution in [3.63, 3.8) is 0 Å². The summed E-state index contributed by atoms with van der Waals surface area (Å²) in [6.07, 6.45) is 11.7. The molecule has 0 saturated carbocycles. The Morgan fingerprint density at radius 3 is 1.66 bits per heavy atom. The molecule has 0 N–H and O–H groups in total. The second-order valence-electron chi connectivity index (χ2n) is 10.5. The fourth-order valence-corrected chi connectivity index (χ4v) is 10.8. The predicted molar refractivity (Wildman–Crippen MR) is 184 cm³/mol. The van der Waals surface area contributed by atoms with Gasteiger partial charge < -0.3 is 0 Å². The Bertz CT molecular complexity index is 1960. The van der Waals surface area contributed by atoms with Gasteiger partial charge in [-0.1, -0.05) is 133 Å². The van der Waals surface area contributed by atoms with Gasteiger partial charge in [-0.25, -0.2) is 4.98 Å². The number of benzene rings is 5. The molecule has 0 amide bonds. The minimum atomic E-state index is -2.64. The van der Waals surface area contributed by atoms with Crippen LogP contribution in [0.15, 0.2) is 169 Å². The number of allylic oxidation sites excluding steroid dienone is 6. The van der Waals surface area contributed by atoms with Gasteiger partial charge in [0.1, 0.15) is 12.2 Å². The van der Waals surface area contributed by atoms with Crippen molar-refractivity contribution in [1.82, 2.24) is 15.0 Å². The van der Waals surface area contributed by atoms with Crippen molar-refractivity contribution in [2.24, 2.45) is 0 Å². The van der Waals surface area contributed by atoms with Crippen LogP contribution in [0.4, 0.5) is 0 Å². The van der Waals surface area contributed by atoms with Gasteiger partial charge in [0.25, 0.3) is 0 Å². The van der Waals surface area contributed by atoms with E-state index in [4.69, 9.17) is 16.6 Å². The topological polar surface area (TPSA) is 38.7 Å². The van der Waals surface area contributed by atoms with Gasteiger partial charge in [-0.2, -0.15) is 9.97 Å². The molecule has 6 aromatic rings. The minimum absolute atomic E-state index is 0.164. The van der Waals surface area contributed by atoms with Crippen LogP contribution in [0.2, 0.25) is 5.28 Å². The lowest BCUT2D eigenvalue weighted by molar-refractivity contribution is 1.07. The van der Waals surface area contributed by atoms with Gasteiger partial charge in [0, 0.05) is 29.4 Å². The van der Waals surface area contributed by atoms with Gasteiger partial charge in [0.2, 0.25) is 13.4 Å². The van der Waals surface area contributed by atoms with E-state index < -0.39 is 8.07 Å². The summed E-state index contributed by atoms with van der Waals surface area (Å²) in [4.78, 5) is 13.9. The Balaban J connectivity index is 1.33. The van der Waals surface area contributed by atoms with Crippen molar-refractivity contribution in [3.05, 3.63) is 180 Å². The smallest absolute Gasteiger partial charge is 0.208 e. The Kier molecular flexibility index (Phi) is 7.62. The SMILES string of the molecule is Clc1nc(-c2ccc([Si](C3=CC=[C+]C=C3)(c3ccccc3)c3ccccc3)cc2)nc(-c2cccc(-c3ccccc3)c2)n1. The van der Waals surface area contributed by atoms with E-state index in [0.717, 1.165) is 22.3 Å². The fourth-order valence-electron chi connectivity index (χ4n) is 5.96. The Labute approximate surface area is 263 Å². The summed E-state index contributed by atoms with van der Waals surface area (Å²) < 4.78 is 0. The molecule has 0 unspecified atom stereocenters. The van der Waals surface area contributed by atoms with Crippen molar-refractivity contribution in [2.75, 3.05) is 0 Å². The average Bonchev–Trinajstić information content (AvgIpc) is 3.11. The monoisotopic (exact) mass is 600 g/mol. The van der Waals surface area contributed by atoms with Crippen molar-refractivity contribution in [2.45, 2.75) is 0 Å². The van der Waals surface area contributed by atoms with E-state index in [1.807, 2.05) is 42.5 Å². The Morgan fingerprint density at radius 2 is 1.05 bits per heavy atom. The lowest BCUT2D eigenvalue weighted by Crippen LogP contribution is -2.68. The van der Waals surface area contributed by atoms with E-state index in [0.29, 0.717) is 11.6 Å². The molecule has 7 rings (SSSR count). The van der Waals surface area contributed by atoms with Crippen molar-refractivity contribution in [1.29, 1.82) is 0 Å². The number of aromatic nitrogens is 3. The second-order valence-corrected chi connectivity index (χ2v) is 14.7. The molecule has 1 aliphatic carbocycles. The maximum atomic E-state index is 6.49. The molecule has 0 radical (unpaired) electrons. The molecule has 1 aliphatic rings. The molecule has 0 aliphatic heterocycles. The highest BCUT2D eigenvalue weighted by molar-refractivity contribution is 7.16. The third-order valence-corrected chi connectivity index (χ3v) is 12.9. The third-order valence-electron chi connectivity index (χ3n) is 7.98. The van der Waals surface area contributed by atoms with Crippen LogP contribution in [-0.4, -0.2) is 23.0 Å². The van der Waals surface area contributed by atoms with Gasteiger partial charge >= 0.3 is 0 Å². The van der Waals surface area contributed by atoms with Crippen LogP contribution < -0.4 is 15.6 Å². The molecular formula is C39H27ClN3Si+. The molecule has 208 valence electrons. The van der Waals surface area contributed by atoms with Gasteiger partial charge in [-0.15, -0.1) is 0 Å². The van der Waals surface area contributed by atoms with E-state index in [9.17, 15) is 0 Å². The number of hydrogen-bond donors (Lipinski definition) is 0. The highest BCUT2D eigenvalue weighted by Gasteiger charge is 2.45. The summed E-state index contributed by atoms with van der Waals surface area (Å²) in [6.45, 7) is 0. The molecule has 1 heterocycles. The van der Waals surface area contributed by atoms with E-state index in [2.05, 4.69) is 137 Å². The molecule has 44 heavy (non-hydrogen) atoms. The maximum absolute atomic E-state index is 6.49. The van der Waals surface area contributed by atoms with E-state index in [1.165, 1.54) is 20.8 Å². The highest BCUT2D eigenvalue weighted by Crippen LogP contribution is 2.27. The van der Waals surface area contributed by atoms with Crippen LogP contribution >= 0.6 is 11.6 Å². The molecule has 0 bridgehead atoms. The number of nitrogens with zero attached hydrogens (tertiary/aromatic N) is 3. The third kappa shape index (κ3) is 5.23. The first-order chi connectivity index (χ1) is 21.7. The van der Waals surface area contributed by atoms with Gasteiger partial charge in [0.15, 0.2) is 11.6 Å².